The molecular weight excluding hydrogens is 280 g/mol. The summed E-state index contributed by atoms with van der Waals surface area (Å²) in [7, 11) is 0. The van der Waals surface area contributed by atoms with Crippen LogP contribution >= 0.6 is 22.9 Å². The molecule has 1 atom stereocenters. The molecule has 0 radical (unpaired) electrons. The summed E-state index contributed by atoms with van der Waals surface area (Å²) < 4.78 is 2.08. The lowest BCUT2D eigenvalue weighted by Crippen LogP contribution is -2.10. The van der Waals surface area contributed by atoms with Gasteiger partial charge in [0.2, 0.25) is 0 Å². The predicted octanol–water partition coefficient (Wildman–Crippen LogP) is 3.54. The van der Waals surface area contributed by atoms with Gasteiger partial charge in [0.1, 0.15) is 16.3 Å². The number of aryl methyl sites for hydroxylation is 1. The maximum atomic E-state index is 6.02. The van der Waals surface area contributed by atoms with Gasteiger partial charge in [0.05, 0.1) is 11.9 Å². The first kappa shape index (κ1) is 12.6. The van der Waals surface area contributed by atoms with Crippen molar-refractivity contribution >= 4 is 34.1 Å². The zero-order valence-electron chi connectivity index (χ0n) is 10.7. The molecule has 1 unspecified atom stereocenters. The number of rotatable bonds is 3. The number of halogens is 1. The first-order valence-corrected chi connectivity index (χ1v) is 7.42. The largest absolute Gasteiger partial charge is 0.302 e. The van der Waals surface area contributed by atoms with Gasteiger partial charge >= 0.3 is 0 Å². The summed E-state index contributed by atoms with van der Waals surface area (Å²) in [5.41, 5.74) is 2.73. The molecule has 3 heterocycles. The van der Waals surface area contributed by atoms with E-state index in [1.807, 2.05) is 30.6 Å². The monoisotopic (exact) mass is 292 g/mol. The van der Waals surface area contributed by atoms with E-state index in [2.05, 4.69) is 26.4 Å². The van der Waals surface area contributed by atoms with Gasteiger partial charge in [-0.2, -0.15) is 0 Å². The van der Waals surface area contributed by atoms with E-state index in [1.165, 1.54) is 0 Å². The minimum Gasteiger partial charge on any atom is -0.302 e. The van der Waals surface area contributed by atoms with Crippen molar-refractivity contribution in [3.8, 4) is 0 Å². The molecule has 0 amide bonds. The summed E-state index contributed by atoms with van der Waals surface area (Å²) in [4.78, 5) is 13.5. The number of aromatic nitrogens is 4. The van der Waals surface area contributed by atoms with E-state index >= 15 is 0 Å². The predicted molar refractivity (Wildman–Crippen MR) is 77.7 cm³/mol. The summed E-state index contributed by atoms with van der Waals surface area (Å²) in [5.74, 6) is 1.20. The Morgan fingerprint density at radius 2 is 2.21 bits per heavy atom. The highest BCUT2D eigenvalue weighted by atomic mass is 35.5. The Labute approximate surface area is 120 Å². The van der Waals surface area contributed by atoms with Gasteiger partial charge in [-0.25, -0.2) is 15.0 Å². The van der Waals surface area contributed by atoms with Gasteiger partial charge in [-0.05, 0) is 26.0 Å². The van der Waals surface area contributed by atoms with Crippen molar-refractivity contribution < 1.29 is 0 Å². The molecule has 4 nitrogen and oxygen atoms in total. The standard InChI is InChI=1S/C13H13ClN4S/c1-8-3-4-10-12(16-8)18(11(7-14)17-10)9(2)13-15-5-6-19-13/h3-6,9H,7H2,1-2H3. The van der Waals surface area contributed by atoms with Gasteiger partial charge in [-0.3, -0.25) is 0 Å². The fourth-order valence-electron chi connectivity index (χ4n) is 2.17. The number of imidazole rings is 1. The normalized spacial score (nSPS) is 13.0. The Hall–Kier alpha value is -1.46. The third-order valence-electron chi connectivity index (χ3n) is 3.07. The van der Waals surface area contributed by atoms with Crippen LogP contribution < -0.4 is 0 Å². The van der Waals surface area contributed by atoms with Crippen molar-refractivity contribution in [1.29, 1.82) is 0 Å². The van der Waals surface area contributed by atoms with Crippen molar-refractivity contribution in [2.45, 2.75) is 25.8 Å². The topological polar surface area (TPSA) is 43.6 Å². The average molecular weight is 293 g/mol. The molecule has 0 saturated heterocycles. The van der Waals surface area contributed by atoms with Gasteiger partial charge in [0.25, 0.3) is 0 Å². The summed E-state index contributed by atoms with van der Waals surface area (Å²) in [6, 6.07) is 4.04. The maximum absolute atomic E-state index is 6.02. The van der Waals surface area contributed by atoms with Crippen LogP contribution in [0.2, 0.25) is 0 Å². The van der Waals surface area contributed by atoms with Gasteiger partial charge in [0.15, 0.2) is 5.65 Å². The summed E-state index contributed by atoms with van der Waals surface area (Å²) in [6.07, 6.45) is 1.81. The molecule has 0 spiro atoms. The number of fused-ring (bicyclic) bond motifs is 1. The summed E-state index contributed by atoms with van der Waals surface area (Å²) >= 11 is 7.65. The molecule has 0 bridgehead atoms. The molecule has 0 N–H and O–H groups in total. The molecule has 0 fully saturated rings. The number of thiazole rings is 1. The highest BCUT2D eigenvalue weighted by molar-refractivity contribution is 7.09. The first-order chi connectivity index (χ1) is 9.20. The van der Waals surface area contributed by atoms with Gasteiger partial charge in [0, 0.05) is 17.3 Å². The lowest BCUT2D eigenvalue weighted by molar-refractivity contribution is 0.624. The van der Waals surface area contributed by atoms with Crippen LogP contribution in [-0.2, 0) is 5.88 Å². The van der Waals surface area contributed by atoms with Crippen LogP contribution in [0.1, 0.15) is 29.5 Å². The minimum absolute atomic E-state index is 0.0908. The van der Waals surface area contributed by atoms with Crippen molar-refractivity contribution in [2.24, 2.45) is 0 Å². The Bertz CT molecular complexity index is 705. The fraction of sp³-hybridized carbons (Fsp3) is 0.308. The molecule has 3 aromatic heterocycles. The third-order valence-corrected chi connectivity index (χ3v) is 4.25. The number of pyridine rings is 1. The van der Waals surface area contributed by atoms with Crippen molar-refractivity contribution in [2.75, 3.05) is 0 Å². The van der Waals surface area contributed by atoms with E-state index in [1.54, 1.807) is 11.3 Å². The van der Waals surface area contributed by atoms with Crippen LogP contribution in [0.3, 0.4) is 0 Å². The molecule has 0 aliphatic heterocycles. The summed E-state index contributed by atoms with van der Waals surface area (Å²) in [6.45, 7) is 4.07. The van der Waals surface area contributed by atoms with Crippen LogP contribution in [-0.4, -0.2) is 19.5 Å². The highest BCUT2D eigenvalue weighted by Gasteiger charge is 2.19. The zero-order valence-corrected chi connectivity index (χ0v) is 12.2. The number of hydrogen-bond acceptors (Lipinski definition) is 4. The van der Waals surface area contributed by atoms with Crippen LogP contribution in [0.25, 0.3) is 11.2 Å². The molecule has 98 valence electrons. The molecular formula is C13H13ClN4S. The maximum Gasteiger partial charge on any atom is 0.160 e. The minimum atomic E-state index is 0.0908. The molecule has 6 heteroatoms. The second-order valence-electron chi connectivity index (χ2n) is 4.37. The number of nitrogens with zero attached hydrogens (tertiary/aromatic N) is 4. The lowest BCUT2D eigenvalue weighted by atomic mass is 10.3. The SMILES string of the molecule is Cc1ccc2nc(CCl)n(C(C)c3nccs3)c2n1. The molecule has 3 rings (SSSR count). The molecule has 0 saturated carbocycles. The molecule has 0 aromatic carbocycles. The number of alkyl halides is 1. The van der Waals surface area contributed by atoms with Crippen molar-refractivity contribution in [1.82, 2.24) is 19.5 Å². The zero-order chi connectivity index (χ0) is 13.4. The van der Waals surface area contributed by atoms with E-state index in [-0.39, 0.29) is 6.04 Å². The molecule has 0 aliphatic carbocycles. The van der Waals surface area contributed by atoms with Crippen LogP contribution in [0.15, 0.2) is 23.7 Å². The van der Waals surface area contributed by atoms with E-state index in [0.29, 0.717) is 5.88 Å². The van der Waals surface area contributed by atoms with Crippen molar-refractivity contribution in [3.63, 3.8) is 0 Å². The van der Waals surface area contributed by atoms with Crippen LogP contribution in [0.5, 0.6) is 0 Å². The van der Waals surface area contributed by atoms with Crippen molar-refractivity contribution in [3.05, 3.63) is 40.2 Å². The number of hydrogen-bond donors (Lipinski definition) is 0. The van der Waals surface area contributed by atoms with E-state index in [0.717, 1.165) is 27.7 Å². The fourth-order valence-corrected chi connectivity index (χ4v) is 3.04. The van der Waals surface area contributed by atoms with Gasteiger partial charge in [-0.15, -0.1) is 22.9 Å². The molecule has 3 aromatic rings. The lowest BCUT2D eigenvalue weighted by Gasteiger charge is -2.13. The Balaban J connectivity index is 2.23. The van der Waals surface area contributed by atoms with E-state index in [9.17, 15) is 0 Å². The molecule has 0 aliphatic rings. The second-order valence-corrected chi connectivity index (χ2v) is 5.57. The quantitative estimate of drug-likeness (QED) is 0.694. The van der Waals surface area contributed by atoms with Gasteiger partial charge in [-0.1, -0.05) is 0 Å². The Morgan fingerprint density at radius 3 is 2.89 bits per heavy atom. The smallest absolute Gasteiger partial charge is 0.160 e. The molecule has 19 heavy (non-hydrogen) atoms. The Morgan fingerprint density at radius 1 is 1.37 bits per heavy atom. The van der Waals surface area contributed by atoms with Crippen LogP contribution in [0, 0.1) is 6.92 Å². The first-order valence-electron chi connectivity index (χ1n) is 6.00. The highest BCUT2D eigenvalue weighted by Crippen LogP contribution is 2.27. The third kappa shape index (κ3) is 2.13. The van der Waals surface area contributed by atoms with E-state index < -0.39 is 0 Å². The summed E-state index contributed by atoms with van der Waals surface area (Å²) in [5, 5.41) is 3.01. The van der Waals surface area contributed by atoms with E-state index in [4.69, 9.17) is 11.6 Å². The van der Waals surface area contributed by atoms with Gasteiger partial charge < -0.3 is 4.57 Å². The second kappa shape index (κ2) is 4.90. The average Bonchev–Trinajstić information content (AvgIpc) is 3.04. The Kier molecular flexibility index (Phi) is 3.24. The van der Waals surface area contributed by atoms with Crippen LogP contribution in [0.4, 0.5) is 0 Å².